The van der Waals surface area contributed by atoms with Crippen LogP contribution in [0.15, 0.2) is 78.9 Å². The van der Waals surface area contributed by atoms with E-state index in [0.29, 0.717) is 10.0 Å². The highest BCUT2D eigenvalue weighted by Gasteiger charge is 2.20. The number of benzene rings is 3. The molecule has 0 aliphatic carbocycles. The van der Waals surface area contributed by atoms with Gasteiger partial charge in [-0.3, -0.25) is 0 Å². The number of hydrogen-bond acceptors (Lipinski definition) is 0. The maximum Gasteiger partial charge on any atom is 0.0671 e. The van der Waals surface area contributed by atoms with Gasteiger partial charge in [-0.25, -0.2) is 0 Å². The van der Waals surface area contributed by atoms with Crippen LogP contribution in [0.1, 0.15) is 5.56 Å². The van der Waals surface area contributed by atoms with Crippen molar-refractivity contribution in [2.24, 2.45) is 0 Å². The molecule has 0 heterocycles. The summed E-state index contributed by atoms with van der Waals surface area (Å²) in [5.41, 5.74) is 1.20. The lowest BCUT2D eigenvalue weighted by Crippen LogP contribution is -2.18. The van der Waals surface area contributed by atoms with Crippen LogP contribution in [-0.2, 0) is 0 Å². The van der Waals surface area contributed by atoms with Gasteiger partial charge in [-0.2, -0.15) is 0 Å². The zero-order valence-corrected chi connectivity index (χ0v) is 15.2. The van der Waals surface area contributed by atoms with Crippen molar-refractivity contribution in [2.45, 2.75) is 0 Å². The van der Waals surface area contributed by atoms with Crippen LogP contribution in [0.4, 0.5) is 0 Å². The van der Waals surface area contributed by atoms with Gasteiger partial charge < -0.3 is 0 Å². The largest absolute Gasteiger partial charge is 0.0827 e. The van der Waals surface area contributed by atoms with Crippen LogP contribution in [0.3, 0.4) is 0 Å². The van der Waals surface area contributed by atoms with Gasteiger partial charge in [0.1, 0.15) is 0 Å². The van der Waals surface area contributed by atoms with Crippen LogP contribution in [0.5, 0.6) is 0 Å². The van der Waals surface area contributed by atoms with E-state index in [9.17, 15) is 0 Å². The topological polar surface area (TPSA) is 0 Å². The van der Waals surface area contributed by atoms with Gasteiger partial charge in [0.25, 0.3) is 0 Å². The van der Waals surface area contributed by atoms with Crippen LogP contribution >= 0.6 is 30.1 Å². The first-order chi connectivity index (χ1) is 11.1. The van der Waals surface area contributed by atoms with Crippen LogP contribution in [-0.4, -0.2) is 12.5 Å². The molecule has 0 saturated carbocycles. The Morgan fingerprint density at radius 1 is 0.739 bits per heavy atom. The van der Waals surface area contributed by atoms with Crippen LogP contribution in [0.2, 0.25) is 10.0 Å². The number of hydrogen-bond donors (Lipinski definition) is 0. The molecule has 1 atom stereocenters. The molecule has 3 aromatic rings. The Kier molecular flexibility index (Phi) is 4.97. The van der Waals surface area contributed by atoms with Gasteiger partial charge >= 0.3 is 0 Å². The average Bonchev–Trinajstić information content (AvgIpc) is 2.59. The van der Waals surface area contributed by atoms with E-state index in [1.165, 1.54) is 10.9 Å². The summed E-state index contributed by atoms with van der Waals surface area (Å²) in [5, 5.41) is 3.66. The van der Waals surface area contributed by atoms with Gasteiger partial charge in [0.05, 0.1) is 10.0 Å². The zero-order chi connectivity index (χ0) is 16.3. The fourth-order valence-electron chi connectivity index (χ4n) is 2.71. The molecule has 0 fully saturated rings. The molecule has 0 N–H and O–H groups in total. The predicted molar refractivity (Wildman–Crippen MR) is 107 cm³/mol. The molecule has 23 heavy (non-hydrogen) atoms. The molecule has 0 aliphatic heterocycles. The summed E-state index contributed by atoms with van der Waals surface area (Å²) in [6.45, 7) is 0.483. The lowest BCUT2D eigenvalue weighted by Gasteiger charge is -2.24. The summed E-state index contributed by atoms with van der Waals surface area (Å²) in [6.07, 6.45) is 0. The highest BCUT2D eigenvalue weighted by Crippen LogP contribution is 2.44. The molecule has 0 aliphatic rings. The molecule has 0 saturated heterocycles. The lowest BCUT2D eigenvalue weighted by atomic mass is 10.2. The standard InChI is InChI=1S/C20H17Cl2P/c1-23(17-11-6-3-7-12-17,15-16-9-4-2-5-10-16)19-14-8-13-18(21)20(19)22/h2-15H,1H3. The minimum Gasteiger partial charge on any atom is -0.0827 e. The van der Waals surface area contributed by atoms with Crippen molar-refractivity contribution in [3.8, 4) is 0 Å². The van der Waals surface area contributed by atoms with Crippen molar-refractivity contribution in [3.63, 3.8) is 0 Å². The van der Waals surface area contributed by atoms with Gasteiger partial charge in [0.15, 0.2) is 0 Å². The normalized spacial score (nSPS) is 13.3. The van der Waals surface area contributed by atoms with Gasteiger partial charge in [-0.1, -0.05) is 103 Å². The summed E-state index contributed by atoms with van der Waals surface area (Å²) in [5.74, 6) is 2.35. The van der Waals surface area contributed by atoms with Crippen LogP contribution in [0.25, 0.3) is 0 Å². The minimum atomic E-state index is -1.80. The van der Waals surface area contributed by atoms with E-state index < -0.39 is 6.89 Å². The van der Waals surface area contributed by atoms with Crippen LogP contribution < -0.4 is 10.6 Å². The highest BCUT2D eigenvalue weighted by atomic mass is 35.5. The van der Waals surface area contributed by atoms with Crippen molar-refractivity contribution in [1.29, 1.82) is 0 Å². The van der Waals surface area contributed by atoms with E-state index in [-0.39, 0.29) is 0 Å². The molecular weight excluding hydrogens is 342 g/mol. The predicted octanol–water partition coefficient (Wildman–Crippen LogP) is 5.44. The third-order valence-corrected chi connectivity index (χ3v) is 8.44. The maximum absolute atomic E-state index is 6.57. The SMILES string of the molecule is CP(=Cc1ccccc1)(c1ccccc1)c1cccc(Cl)c1Cl. The first-order valence-electron chi connectivity index (χ1n) is 7.38. The highest BCUT2D eigenvalue weighted by molar-refractivity contribution is 7.88. The summed E-state index contributed by atoms with van der Waals surface area (Å²) in [6, 6.07) is 26.8. The maximum atomic E-state index is 6.57. The van der Waals surface area contributed by atoms with E-state index in [0.717, 1.165) is 5.30 Å². The van der Waals surface area contributed by atoms with Gasteiger partial charge in [-0.05, 0) is 34.7 Å². The second-order valence-corrected chi connectivity index (χ2v) is 9.72. The second kappa shape index (κ2) is 6.97. The Labute approximate surface area is 147 Å². The molecule has 0 nitrogen and oxygen atoms in total. The third-order valence-electron chi connectivity index (χ3n) is 3.93. The lowest BCUT2D eigenvalue weighted by molar-refractivity contribution is 1.69. The fourth-order valence-corrected chi connectivity index (χ4v) is 6.65. The molecule has 1 unspecified atom stereocenters. The van der Waals surface area contributed by atoms with Gasteiger partial charge in [0.2, 0.25) is 0 Å². The third kappa shape index (κ3) is 3.40. The van der Waals surface area contributed by atoms with E-state index in [1.54, 1.807) is 0 Å². The van der Waals surface area contributed by atoms with Crippen molar-refractivity contribution < 1.29 is 0 Å². The second-order valence-electron chi connectivity index (χ2n) is 5.52. The number of rotatable bonds is 3. The van der Waals surface area contributed by atoms with E-state index >= 15 is 0 Å². The van der Waals surface area contributed by atoms with Crippen molar-refractivity contribution >= 4 is 46.5 Å². The first kappa shape index (κ1) is 16.4. The number of halogens is 2. The average molecular weight is 359 g/mol. The van der Waals surface area contributed by atoms with Gasteiger partial charge in [-0.15, -0.1) is 0 Å². The minimum absolute atomic E-state index is 0.604. The molecule has 0 aromatic heterocycles. The Balaban J connectivity index is 2.31. The molecule has 0 amide bonds. The Morgan fingerprint density at radius 3 is 2.00 bits per heavy atom. The zero-order valence-electron chi connectivity index (χ0n) is 12.8. The molecule has 3 rings (SSSR count). The van der Waals surface area contributed by atoms with Gasteiger partial charge in [0, 0.05) is 0 Å². The fraction of sp³-hybridized carbons (Fsp3) is 0.0500. The molecule has 116 valence electrons. The Morgan fingerprint density at radius 2 is 1.35 bits per heavy atom. The summed E-state index contributed by atoms with van der Waals surface area (Å²) >= 11 is 12.9. The van der Waals surface area contributed by atoms with Crippen molar-refractivity contribution in [1.82, 2.24) is 0 Å². The molecular formula is C20H17Cl2P. The molecule has 0 radical (unpaired) electrons. The van der Waals surface area contributed by atoms with E-state index in [4.69, 9.17) is 23.2 Å². The monoisotopic (exact) mass is 358 g/mol. The first-order valence-corrected chi connectivity index (χ1v) is 10.4. The van der Waals surface area contributed by atoms with Crippen LogP contribution in [0, 0.1) is 0 Å². The molecule has 3 aromatic carbocycles. The molecule has 0 bridgehead atoms. The van der Waals surface area contributed by atoms with Crippen molar-refractivity contribution in [2.75, 3.05) is 6.66 Å². The summed E-state index contributed by atoms with van der Waals surface area (Å²) in [4.78, 5) is 0. The van der Waals surface area contributed by atoms with Crippen molar-refractivity contribution in [3.05, 3.63) is 94.5 Å². The summed E-state index contributed by atoms with van der Waals surface area (Å²) in [7, 11) is 0. The Bertz CT molecular complexity index is 855. The summed E-state index contributed by atoms with van der Waals surface area (Å²) < 4.78 is 0. The van der Waals surface area contributed by atoms with E-state index in [1.807, 2.05) is 24.3 Å². The smallest absolute Gasteiger partial charge is 0.0671 e. The molecule has 3 heteroatoms. The Hall–Kier alpha value is -1.46. The van der Waals surface area contributed by atoms with E-state index in [2.05, 4.69) is 67.1 Å². The quantitative estimate of drug-likeness (QED) is 0.546. The molecule has 0 spiro atoms.